The Balaban J connectivity index is 1.28. The van der Waals surface area contributed by atoms with Gasteiger partial charge in [0.1, 0.15) is 0 Å². The fourth-order valence-electron chi connectivity index (χ4n) is 14.7. The van der Waals surface area contributed by atoms with Crippen LogP contribution >= 0.6 is 24.0 Å². The van der Waals surface area contributed by atoms with Crippen LogP contribution < -0.4 is 20.2 Å². The quantitative estimate of drug-likeness (QED) is 0.0368. The lowest BCUT2D eigenvalue weighted by Gasteiger charge is -2.27. The summed E-state index contributed by atoms with van der Waals surface area (Å²) in [5, 5.41) is 4.42. The Bertz CT molecular complexity index is 2950. The molecular weight excluding hydrogens is 1120 g/mol. The Morgan fingerprint density at radius 3 is 1.62 bits per heavy atom. The molecular formula is C83H126N2O2S2. The summed E-state index contributed by atoms with van der Waals surface area (Å²) in [6.45, 7) is 19.9. The number of fused-ring (bicyclic) bond motifs is 1. The first-order valence-corrected chi connectivity index (χ1v) is 38.8. The third kappa shape index (κ3) is 23.3. The molecule has 89 heavy (non-hydrogen) atoms. The zero-order valence-corrected chi connectivity index (χ0v) is 59.8. The number of rotatable bonds is 35. The molecule has 0 N–H and O–H groups in total. The predicted molar refractivity (Wildman–Crippen MR) is 396 cm³/mol. The molecule has 3 aliphatic rings. The molecule has 0 radical (unpaired) electrons. The van der Waals surface area contributed by atoms with Crippen LogP contribution in [0.2, 0.25) is 0 Å². The zero-order chi connectivity index (χ0) is 63.3. The molecule has 0 saturated carbocycles. The molecule has 7 rings (SSSR count). The van der Waals surface area contributed by atoms with Crippen molar-refractivity contribution in [1.82, 2.24) is 0 Å². The van der Waals surface area contributed by atoms with Gasteiger partial charge in [-0.3, -0.25) is 9.59 Å². The van der Waals surface area contributed by atoms with E-state index >= 15 is 9.59 Å². The largest absolute Gasteiger partial charge is 0.307 e. The topological polar surface area (TPSA) is 40.6 Å². The SMILES string of the molecule is CCCCCCCCCCCCC(CCCCCCCCCC)CN1C(=O)C2=c3cc4c(cc31)=C(c1ccc(-c3ccc5cc(C(C)(C)C)ccc5c3)s1)C(=O)N4CC(CCCCCCCCCCCC)CCCCCCCCCCC(C)(C)/C=C/C=C/2S. The van der Waals surface area contributed by atoms with Gasteiger partial charge >= 0.3 is 0 Å². The fraction of sp³-hybridized carbons (Fsp3) is 0.663. The van der Waals surface area contributed by atoms with E-state index in [1.807, 2.05) is 0 Å². The summed E-state index contributed by atoms with van der Waals surface area (Å²) in [5.74, 6) is 0.985. The van der Waals surface area contributed by atoms with Crippen LogP contribution in [0, 0.1) is 17.3 Å². The van der Waals surface area contributed by atoms with Crippen LogP contribution in [0.5, 0.6) is 0 Å². The molecule has 0 aliphatic carbocycles. The van der Waals surface area contributed by atoms with E-state index in [1.165, 1.54) is 258 Å². The van der Waals surface area contributed by atoms with E-state index < -0.39 is 0 Å². The number of unbranched alkanes of at least 4 members (excludes halogenated alkanes) is 25. The molecule has 4 aromatic rings. The highest BCUT2D eigenvalue weighted by Gasteiger charge is 2.38. The van der Waals surface area contributed by atoms with Gasteiger partial charge < -0.3 is 9.80 Å². The lowest BCUT2D eigenvalue weighted by molar-refractivity contribution is -0.114. The molecule has 2 unspecified atom stereocenters. The lowest BCUT2D eigenvalue weighted by atomic mass is 9.86. The minimum absolute atomic E-state index is 0.0394. The predicted octanol–water partition coefficient (Wildman–Crippen LogP) is 24.6. The van der Waals surface area contributed by atoms with Gasteiger partial charge in [0.25, 0.3) is 11.8 Å². The molecule has 6 heteroatoms. The van der Waals surface area contributed by atoms with Crippen molar-refractivity contribution < 1.29 is 9.59 Å². The van der Waals surface area contributed by atoms with Gasteiger partial charge in [-0.1, -0.05) is 329 Å². The molecule has 4 nitrogen and oxygen atoms in total. The first-order valence-electron chi connectivity index (χ1n) is 37.5. The van der Waals surface area contributed by atoms with Gasteiger partial charge in [0.05, 0.1) is 22.5 Å². The Kier molecular flexibility index (Phi) is 31.8. The molecule has 4 heterocycles. The lowest BCUT2D eigenvalue weighted by Crippen LogP contribution is -2.35. The standard InChI is InChI=1S/C83H126N2O2S2/c1-9-12-15-18-21-24-26-31-36-41-47-65(46-40-35-30-23-20-17-14-11-3)63-84-73-62-72-74-61-71(73)78(80(84)86)75(88)50-45-58-83(7,8)57-44-39-34-29-28-33-38-43-49-66(48-42-37-32-27-25-22-19-16-13-10-2)64-85(74)81(87)79(72)77-56-55-76(89-77)69-52-51-68-60-70(82(4,5)6)54-53-67(68)59-69/h45,50-56,58-62,65-66,88H,9-44,46-49,57,63-64H2,1-8H3/b58-45+,75-50-. The Morgan fingerprint density at radius 1 is 0.539 bits per heavy atom. The highest BCUT2D eigenvalue weighted by Crippen LogP contribution is 2.40. The summed E-state index contributed by atoms with van der Waals surface area (Å²) < 4.78 is 0. The molecule has 3 aromatic carbocycles. The average molecular weight is 1250 g/mol. The molecule has 2 atom stereocenters. The van der Waals surface area contributed by atoms with Crippen molar-refractivity contribution in [3.05, 3.63) is 105 Å². The number of hydrogen-bond donors (Lipinski definition) is 1. The van der Waals surface area contributed by atoms with Gasteiger partial charge in [0.2, 0.25) is 0 Å². The van der Waals surface area contributed by atoms with E-state index in [1.54, 1.807) is 11.3 Å². The van der Waals surface area contributed by atoms with Gasteiger partial charge in [0.15, 0.2) is 0 Å². The molecule has 1 aromatic heterocycles. The number of thiol groups is 1. The first-order chi connectivity index (χ1) is 43.2. The number of allylic oxidation sites excluding steroid dienone is 3. The van der Waals surface area contributed by atoms with Crippen LogP contribution in [-0.2, 0) is 15.0 Å². The number of nitrogens with zero attached hydrogens (tertiary/aromatic N) is 2. The molecule has 492 valence electrons. The summed E-state index contributed by atoms with van der Waals surface area (Å²) in [5.41, 5.74) is 6.06. The number of carbonyl (C=O) groups excluding carboxylic acids is 2. The van der Waals surface area contributed by atoms with Crippen LogP contribution in [0.15, 0.2) is 83.8 Å². The van der Waals surface area contributed by atoms with Crippen LogP contribution in [0.1, 0.15) is 329 Å². The van der Waals surface area contributed by atoms with Crippen molar-refractivity contribution in [1.29, 1.82) is 0 Å². The monoisotopic (exact) mass is 1250 g/mol. The third-order valence-corrected chi connectivity index (χ3v) is 22.0. The second kappa shape index (κ2) is 39.0. The highest BCUT2D eigenvalue weighted by molar-refractivity contribution is 7.85. The molecule has 0 fully saturated rings. The number of benzene rings is 3. The van der Waals surface area contributed by atoms with Crippen LogP contribution in [0.25, 0.3) is 32.4 Å². The van der Waals surface area contributed by atoms with E-state index in [0.717, 1.165) is 64.4 Å². The zero-order valence-electron chi connectivity index (χ0n) is 58.1. The molecule has 2 bridgehead atoms. The molecule has 0 saturated heterocycles. The summed E-state index contributed by atoms with van der Waals surface area (Å²) >= 11 is 7.07. The average Bonchev–Trinajstić information content (AvgIpc) is 1.64. The highest BCUT2D eigenvalue weighted by atomic mass is 32.1. The maximum atomic E-state index is 15.9. The van der Waals surface area contributed by atoms with Crippen molar-refractivity contribution in [3.63, 3.8) is 0 Å². The Hall–Kier alpha value is -3.87. The van der Waals surface area contributed by atoms with Gasteiger partial charge in [-0.2, -0.15) is 0 Å². The summed E-state index contributed by atoms with van der Waals surface area (Å²) in [7, 11) is 0. The first kappa shape index (κ1) is 72.6. The van der Waals surface area contributed by atoms with Crippen molar-refractivity contribution in [2.45, 2.75) is 324 Å². The molecule has 2 amide bonds. The maximum Gasteiger partial charge on any atom is 0.260 e. The van der Waals surface area contributed by atoms with E-state index in [0.29, 0.717) is 35.4 Å². The normalized spacial score (nSPS) is 18.4. The van der Waals surface area contributed by atoms with E-state index in [2.05, 4.69) is 144 Å². The van der Waals surface area contributed by atoms with Gasteiger partial charge in [-0.25, -0.2) is 0 Å². The number of thiophene rings is 1. The number of carbonyl (C=O) groups is 2. The fourth-order valence-corrected chi connectivity index (χ4v) is 16.1. The molecule has 3 aliphatic heterocycles. The van der Waals surface area contributed by atoms with Gasteiger partial charge in [0, 0.05) is 38.2 Å². The molecule has 0 spiro atoms. The van der Waals surface area contributed by atoms with Crippen molar-refractivity contribution >= 4 is 69.1 Å². The Labute approximate surface area is 554 Å². The van der Waals surface area contributed by atoms with Crippen LogP contribution in [0.4, 0.5) is 11.4 Å². The summed E-state index contributed by atoms with van der Waals surface area (Å²) in [6.07, 6.45) is 59.5. The second-order valence-corrected chi connectivity index (χ2v) is 31.4. The number of hydrogen-bond acceptors (Lipinski definition) is 4. The third-order valence-electron chi connectivity index (χ3n) is 20.5. The summed E-state index contributed by atoms with van der Waals surface area (Å²) in [6, 6.07) is 22.8. The number of anilines is 2. The maximum absolute atomic E-state index is 15.9. The Morgan fingerprint density at radius 2 is 1.03 bits per heavy atom. The van der Waals surface area contributed by atoms with Crippen molar-refractivity contribution in [3.8, 4) is 10.4 Å². The smallest absolute Gasteiger partial charge is 0.260 e. The van der Waals surface area contributed by atoms with Crippen molar-refractivity contribution in [2.24, 2.45) is 17.3 Å². The van der Waals surface area contributed by atoms with Gasteiger partial charge in [-0.15, -0.1) is 24.0 Å². The van der Waals surface area contributed by atoms with Crippen LogP contribution in [0.3, 0.4) is 0 Å². The second-order valence-electron chi connectivity index (χ2n) is 29.9. The van der Waals surface area contributed by atoms with E-state index in [9.17, 15) is 0 Å². The summed E-state index contributed by atoms with van der Waals surface area (Å²) in [4.78, 5) is 38.9. The van der Waals surface area contributed by atoms with Crippen molar-refractivity contribution in [2.75, 3.05) is 22.9 Å². The number of amides is 2. The van der Waals surface area contributed by atoms with Gasteiger partial charge in [-0.05, 0) is 113 Å². The van der Waals surface area contributed by atoms with Crippen LogP contribution in [-0.4, -0.2) is 24.9 Å². The minimum atomic E-state index is 0.0394. The van der Waals surface area contributed by atoms with E-state index in [-0.39, 0.29) is 22.6 Å². The van der Waals surface area contributed by atoms with E-state index in [4.69, 9.17) is 12.6 Å². The minimum Gasteiger partial charge on any atom is -0.307 e.